The fourth-order valence-corrected chi connectivity index (χ4v) is 4.35. The Morgan fingerprint density at radius 3 is 2.47 bits per heavy atom. The number of aromatic nitrogens is 1. The molecule has 2 heterocycles. The molecule has 0 spiro atoms. The summed E-state index contributed by atoms with van der Waals surface area (Å²) in [5.41, 5.74) is 0.618. The van der Waals surface area contributed by atoms with E-state index in [0.717, 1.165) is 29.8 Å². The molecule has 1 aromatic heterocycles. The Bertz CT molecular complexity index is 852. The molecule has 1 saturated heterocycles. The van der Waals surface area contributed by atoms with Crippen LogP contribution in [-0.2, 0) is 4.74 Å². The molecule has 3 rings (SSSR count). The number of hydrogen-bond acceptors (Lipinski definition) is 5. The van der Waals surface area contributed by atoms with Crippen molar-refractivity contribution in [2.45, 2.75) is 58.6 Å². The molecule has 162 valence electrons. The van der Waals surface area contributed by atoms with Crippen LogP contribution in [0.3, 0.4) is 0 Å². The second kappa shape index (κ2) is 9.60. The molecule has 1 atom stereocenters. The average molecular weight is 430 g/mol. The molecule has 7 heteroatoms. The summed E-state index contributed by atoms with van der Waals surface area (Å²) in [6, 6.07) is 10.0. The first-order valence-electron chi connectivity index (χ1n) is 10.5. The first kappa shape index (κ1) is 22.3. The van der Waals surface area contributed by atoms with Crippen molar-refractivity contribution in [1.82, 2.24) is 15.2 Å². The third kappa shape index (κ3) is 6.29. The largest absolute Gasteiger partial charge is 0.444 e. The molecular weight excluding hydrogens is 398 g/mol. The maximum atomic E-state index is 12.7. The van der Waals surface area contributed by atoms with Gasteiger partial charge in [-0.15, -0.1) is 11.3 Å². The summed E-state index contributed by atoms with van der Waals surface area (Å²) in [4.78, 5) is 31.7. The number of amides is 2. The van der Waals surface area contributed by atoms with Gasteiger partial charge in [-0.05, 0) is 58.4 Å². The number of carbonyl (C=O) groups excluding carboxylic acids is 2. The van der Waals surface area contributed by atoms with E-state index in [1.165, 1.54) is 11.3 Å². The zero-order valence-corrected chi connectivity index (χ0v) is 19.0. The third-order valence-electron chi connectivity index (χ3n) is 5.19. The minimum absolute atomic E-state index is 0.0702. The molecule has 1 unspecified atom stereocenters. The first-order valence-corrected chi connectivity index (χ1v) is 11.3. The van der Waals surface area contributed by atoms with E-state index in [4.69, 9.17) is 4.74 Å². The first-order chi connectivity index (χ1) is 14.2. The van der Waals surface area contributed by atoms with Crippen molar-refractivity contribution < 1.29 is 14.3 Å². The Morgan fingerprint density at radius 1 is 1.23 bits per heavy atom. The molecule has 0 radical (unpaired) electrons. The fraction of sp³-hybridized carbons (Fsp3) is 0.522. The lowest BCUT2D eigenvalue weighted by Crippen LogP contribution is -2.42. The summed E-state index contributed by atoms with van der Waals surface area (Å²) < 4.78 is 5.49. The second-order valence-electron chi connectivity index (χ2n) is 8.83. The third-order valence-corrected chi connectivity index (χ3v) is 6.10. The van der Waals surface area contributed by atoms with E-state index in [9.17, 15) is 9.59 Å². The van der Waals surface area contributed by atoms with Gasteiger partial charge in [-0.3, -0.25) is 4.79 Å². The highest BCUT2D eigenvalue weighted by Crippen LogP contribution is 2.29. The predicted octanol–water partition coefficient (Wildman–Crippen LogP) is 4.96. The lowest BCUT2D eigenvalue weighted by Gasteiger charge is -2.35. The summed E-state index contributed by atoms with van der Waals surface area (Å²) in [5, 5.41) is 4.08. The van der Waals surface area contributed by atoms with Crippen molar-refractivity contribution in [3.8, 4) is 0 Å². The highest BCUT2D eigenvalue weighted by atomic mass is 32.1. The Morgan fingerprint density at radius 2 is 1.90 bits per heavy atom. The van der Waals surface area contributed by atoms with E-state index in [2.05, 4.69) is 22.4 Å². The predicted molar refractivity (Wildman–Crippen MR) is 119 cm³/mol. The standard InChI is InChI=1S/C23H31N3O3S/c1-16-24-15-20(30-16)21(27)25-19(18-8-6-5-7-9-18)14-17-10-12-26(13-11-17)22(28)29-23(2,3)4/h5-9,15,17,19H,10-14H2,1-4H3,(H,25,27). The molecule has 1 aliphatic rings. The zero-order chi connectivity index (χ0) is 21.7. The number of ether oxygens (including phenoxy) is 1. The van der Waals surface area contributed by atoms with Crippen LogP contribution in [0.25, 0.3) is 0 Å². The summed E-state index contributed by atoms with van der Waals surface area (Å²) >= 11 is 1.41. The molecule has 30 heavy (non-hydrogen) atoms. The Kier molecular flexibility index (Phi) is 7.13. The van der Waals surface area contributed by atoms with Gasteiger partial charge in [0.1, 0.15) is 10.5 Å². The normalized spacial score (nSPS) is 16.2. The minimum Gasteiger partial charge on any atom is -0.444 e. The minimum atomic E-state index is -0.481. The molecule has 2 aromatic rings. The van der Waals surface area contributed by atoms with Crippen molar-refractivity contribution in [3.05, 3.63) is 52.0 Å². The van der Waals surface area contributed by atoms with Crippen molar-refractivity contribution in [1.29, 1.82) is 0 Å². The maximum absolute atomic E-state index is 12.7. The average Bonchev–Trinajstić information content (AvgIpc) is 3.14. The van der Waals surface area contributed by atoms with Crippen LogP contribution in [0, 0.1) is 12.8 Å². The second-order valence-corrected chi connectivity index (χ2v) is 10.1. The smallest absolute Gasteiger partial charge is 0.410 e. The van der Waals surface area contributed by atoms with E-state index in [0.29, 0.717) is 23.9 Å². The molecule has 1 fully saturated rings. The number of thiazole rings is 1. The SMILES string of the molecule is Cc1ncc(C(=O)NC(CC2CCN(C(=O)OC(C)(C)C)CC2)c2ccccc2)s1. The van der Waals surface area contributed by atoms with Gasteiger partial charge in [-0.1, -0.05) is 30.3 Å². The number of benzene rings is 1. The number of rotatable bonds is 5. The van der Waals surface area contributed by atoms with Crippen molar-refractivity contribution in [2.24, 2.45) is 5.92 Å². The number of nitrogens with one attached hydrogen (secondary N) is 1. The molecule has 1 aliphatic heterocycles. The molecule has 2 amide bonds. The van der Waals surface area contributed by atoms with Crippen LogP contribution in [0.2, 0.25) is 0 Å². The Balaban J connectivity index is 1.62. The molecule has 6 nitrogen and oxygen atoms in total. The maximum Gasteiger partial charge on any atom is 0.410 e. The van der Waals surface area contributed by atoms with E-state index in [1.807, 2.05) is 45.9 Å². The van der Waals surface area contributed by atoms with E-state index in [1.54, 1.807) is 11.1 Å². The van der Waals surface area contributed by atoms with Crippen molar-refractivity contribution in [3.63, 3.8) is 0 Å². The van der Waals surface area contributed by atoms with Crippen LogP contribution in [0.4, 0.5) is 4.79 Å². The zero-order valence-electron chi connectivity index (χ0n) is 18.2. The number of hydrogen-bond donors (Lipinski definition) is 1. The highest BCUT2D eigenvalue weighted by Gasteiger charge is 2.29. The lowest BCUT2D eigenvalue weighted by atomic mass is 9.87. The van der Waals surface area contributed by atoms with Gasteiger partial charge in [0, 0.05) is 13.1 Å². The van der Waals surface area contributed by atoms with Crippen LogP contribution in [-0.4, -0.2) is 40.6 Å². The highest BCUT2D eigenvalue weighted by molar-refractivity contribution is 7.13. The van der Waals surface area contributed by atoms with E-state index >= 15 is 0 Å². The quantitative estimate of drug-likeness (QED) is 0.729. The van der Waals surface area contributed by atoms with Crippen LogP contribution in [0.5, 0.6) is 0 Å². The van der Waals surface area contributed by atoms with E-state index < -0.39 is 5.60 Å². The number of likely N-dealkylation sites (tertiary alicyclic amines) is 1. The van der Waals surface area contributed by atoms with Gasteiger partial charge in [0.15, 0.2) is 0 Å². The van der Waals surface area contributed by atoms with E-state index in [-0.39, 0.29) is 18.0 Å². The lowest BCUT2D eigenvalue weighted by molar-refractivity contribution is 0.0178. The van der Waals surface area contributed by atoms with Gasteiger partial charge in [-0.25, -0.2) is 9.78 Å². The number of aryl methyl sites for hydroxylation is 1. The van der Waals surface area contributed by atoms with Crippen LogP contribution in [0.1, 0.15) is 66.3 Å². The van der Waals surface area contributed by atoms with Gasteiger partial charge in [0.05, 0.1) is 17.2 Å². The number of piperidine rings is 1. The molecule has 0 saturated carbocycles. The Labute approximate surface area is 182 Å². The topological polar surface area (TPSA) is 71.5 Å². The molecule has 1 aromatic carbocycles. The molecular formula is C23H31N3O3S. The summed E-state index contributed by atoms with van der Waals surface area (Å²) in [7, 11) is 0. The fourth-order valence-electron chi connectivity index (χ4n) is 3.67. The van der Waals surface area contributed by atoms with Crippen LogP contribution in [0.15, 0.2) is 36.5 Å². The summed E-state index contributed by atoms with van der Waals surface area (Å²) in [5.74, 6) is 0.345. The Hall–Kier alpha value is -2.41. The summed E-state index contributed by atoms with van der Waals surface area (Å²) in [6.07, 6.45) is 4.04. The van der Waals surface area contributed by atoms with Crippen LogP contribution >= 0.6 is 11.3 Å². The van der Waals surface area contributed by atoms with Crippen molar-refractivity contribution >= 4 is 23.3 Å². The van der Waals surface area contributed by atoms with Gasteiger partial charge in [0.25, 0.3) is 5.91 Å². The molecule has 1 N–H and O–H groups in total. The summed E-state index contributed by atoms with van der Waals surface area (Å²) in [6.45, 7) is 8.92. The van der Waals surface area contributed by atoms with Gasteiger partial charge in [-0.2, -0.15) is 0 Å². The number of nitrogens with zero attached hydrogens (tertiary/aromatic N) is 2. The number of carbonyl (C=O) groups is 2. The monoisotopic (exact) mass is 429 g/mol. The van der Waals surface area contributed by atoms with Gasteiger partial charge >= 0.3 is 6.09 Å². The van der Waals surface area contributed by atoms with Crippen LogP contribution < -0.4 is 5.32 Å². The molecule has 0 aliphatic carbocycles. The van der Waals surface area contributed by atoms with Gasteiger partial charge in [0.2, 0.25) is 0 Å². The van der Waals surface area contributed by atoms with Crippen molar-refractivity contribution in [2.75, 3.05) is 13.1 Å². The molecule has 0 bridgehead atoms. The van der Waals surface area contributed by atoms with Gasteiger partial charge < -0.3 is 15.0 Å².